The molecule has 1 aromatic heterocycles. The Morgan fingerprint density at radius 2 is 1.81 bits per heavy atom. The lowest BCUT2D eigenvalue weighted by Gasteiger charge is -2.33. The molecule has 0 radical (unpaired) electrons. The summed E-state index contributed by atoms with van der Waals surface area (Å²) in [6.45, 7) is -0.336. The summed E-state index contributed by atoms with van der Waals surface area (Å²) in [7, 11) is -3.10. The highest BCUT2D eigenvalue weighted by Gasteiger charge is 2.39. The van der Waals surface area contributed by atoms with Crippen LogP contribution in [0.1, 0.15) is 44.2 Å². The Labute approximate surface area is 182 Å². The first-order valence-electron chi connectivity index (χ1n) is 10.9. The van der Waals surface area contributed by atoms with E-state index in [0.717, 1.165) is 42.3 Å². The number of hydrogen-bond acceptors (Lipinski definition) is 6. The number of carbonyl (C=O) groups is 2. The molecule has 1 saturated carbocycles. The Morgan fingerprint density at radius 1 is 1.03 bits per heavy atom. The largest absolute Gasteiger partial charge is 0.456 e. The van der Waals surface area contributed by atoms with Gasteiger partial charge in [-0.05, 0) is 31.4 Å². The van der Waals surface area contributed by atoms with Crippen molar-refractivity contribution in [1.82, 2.24) is 9.88 Å². The summed E-state index contributed by atoms with van der Waals surface area (Å²) >= 11 is 0. The molecule has 4 rings (SSSR count). The number of para-hydroxylation sites is 1. The Morgan fingerprint density at radius 3 is 2.55 bits per heavy atom. The minimum absolute atomic E-state index is 0.0107. The summed E-state index contributed by atoms with van der Waals surface area (Å²) in [5, 5.41) is 1.04. The lowest BCUT2D eigenvalue weighted by Crippen LogP contribution is -2.48. The van der Waals surface area contributed by atoms with Gasteiger partial charge in [0.05, 0.1) is 23.4 Å². The quantitative estimate of drug-likeness (QED) is 0.610. The summed E-state index contributed by atoms with van der Waals surface area (Å²) in [6.07, 6.45) is 4.86. The molecular formula is C23H28N2O5S. The van der Waals surface area contributed by atoms with Crippen molar-refractivity contribution in [2.75, 3.05) is 18.1 Å². The topological polar surface area (TPSA) is 93.6 Å². The molecule has 31 heavy (non-hydrogen) atoms. The van der Waals surface area contributed by atoms with Crippen LogP contribution in [-0.2, 0) is 30.6 Å². The zero-order valence-corrected chi connectivity index (χ0v) is 18.4. The molecule has 2 aromatic rings. The van der Waals surface area contributed by atoms with Crippen LogP contribution in [0, 0.1) is 0 Å². The van der Waals surface area contributed by atoms with Crippen LogP contribution in [-0.4, -0.2) is 60.4 Å². The number of rotatable bonds is 7. The van der Waals surface area contributed by atoms with E-state index in [2.05, 4.69) is 4.98 Å². The number of esters is 1. The monoisotopic (exact) mass is 444 g/mol. The van der Waals surface area contributed by atoms with E-state index in [4.69, 9.17) is 4.74 Å². The molecule has 1 unspecified atom stereocenters. The van der Waals surface area contributed by atoms with Gasteiger partial charge in [-0.1, -0.05) is 37.1 Å². The van der Waals surface area contributed by atoms with Crippen LogP contribution in [0.5, 0.6) is 0 Å². The number of hydrogen-bond donors (Lipinski definition) is 0. The number of amides is 1. The second kappa shape index (κ2) is 9.34. The minimum Gasteiger partial charge on any atom is -0.456 e. The maximum Gasteiger partial charge on any atom is 0.306 e. The normalized spacial score (nSPS) is 20.7. The van der Waals surface area contributed by atoms with E-state index in [9.17, 15) is 18.0 Å². The van der Waals surface area contributed by atoms with Gasteiger partial charge >= 0.3 is 5.97 Å². The van der Waals surface area contributed by atoms with Crippen LogP contribution >= 0.6 is 0 Å². The molecular weight excluding hydrogens is 416 g/mol. The van der Waals surface area contributed by atoms with Gasteiger partial charge in [-0.3, -0.25) is 14.6 Å². The molecule has 1 saturated heterocycles. The maximum absolute atomic E-state index is 12.9. The minimum atomic E-state index is -3.10. The summed E-state index contributed by atoms with van der Waals surface area (Å²) in [4.78, 5) is 31.4. The van der Waals surface area contributed by atoms with Crippen LogP contribution in [0.15, 0.2) is 36.4 Å². The number of ether oxygens (including phenoxy) is 1. The highest BCUT2D eigenvalue weighted by molar-refractivity contribution is 7.91. The number of benzene rings is 1. The number of carbonyl (C=O) groups excluding carboxylic acids is 2. The number of aromatic nitrogens is 1. The molecule has 1 aliphatic carbocycles. The summed E-state index contributed by atoms with van der Waals surface area (Å²) in [6, 6.07) is 11.4. The van der Waals surface area contributed by atoms with Crippen LogP contribution < -0.4 is 0 Å². The van der Waals surface area contributed by atoms with E-state index in [1.165, 1.54) is 0 Å². The SMILES string of the molecule is O=C(CCc1ccc2ccccc2n1)OCC(=O)N(C1CCCC1)C1CCS(=O)(=O)C1. The number of nitrogens with zero attached hydrogens (tertiary/aromatic N) is 2. The van der Waals surface area contributed by atoms with Gasteiger partial charge in [0.2, 0.25) is 0 Å². The molecule has 0 spiro atoms. The molecule has 8 heteroatoms. The Balaban J connectivity index is 1.31. The Bertz CT molecular complexity index is 1060. The van der Waals surface area contributed by atoms with Gasteiger partial charge in [-0.25, -0.2) is 8.42 Å². The van der Waals surface area contributed by atoms with Crippen LogP contribution in [0.3, 0.4) is 0 Å². The molecule has 1 aliphatic heterocycles. The fraction of sp³-hybridized carbons (Fsp3) is 0.522. The Kier molecular flexibility index (Phi) is 6.55. The molecule has 7 nitrogen and oxygen atoms in total. The smallest absolute Gasteiger partial charge is 0.306 e. The predicted molar refractivity (Wildman–Crippen MR) is 117 cm³/mol. The highest BCUT2D eigenvalue weighted by Crippen LogP contribution is 2.29. The average molecular weight is 445 g/mol. The van der Waals surface area contributed by atoms with Crippen molar-refractivity contribution in [3.63, 3.8) is 0 Å². The van der Waals surface area contributed by atoms with E-state index in [1.54, 1.807) is 4.90 Å². The maximum atomic E-state index is 12.9. The van der Waals surface area contributed by atoms with Gasteiger partial charge in [-0.2, -0.15) is 0 Å². The van der Waals surface area contributed by atoms with Crippen molar-refractivity contribution in [2.45, 2.75) is 57.0 Å². The van der Waals surface area contributed by atoms with E-state index in [0.29, 0.717) is 12.8 Å². The van der Waals surface area contributed by atoms with Crippen LogP contribution in [0.2, 0.25) is 0 Å². The van der Waals surface area contributed by atoms with Crippen molar-refractivity contribution in [1.29, 1.82) is 0 Å². The second-order valence-electron chi connectivity index (χ2n) is 8.45. The first-order chi connectivity index (χ1) is 14.9. The number of sulfone groups is 1. The molecule has 1 aromatic carbocycles. The van der Waals surface area contributed by atoms with Crippen molar-refractivity contribution < 1.29 is 22.7 Å². The molecule has 1 amide bonds. The molecule has 2 aliphatic rings. The predicted octanol–water partition coefficient (Wildman–Crippen LogP) is 2.67. The fourth-order valence-corrected chi connectivity index (χ4v) is 6.36. The van der Waals surface area contributed by atoms with Gasteiger partial charge in [0.1, 0.15) is 0 Å². The van der Waals surface area contributed by atoms with Crippen molar-refractivity contribution in [3.8, 4) is 0 Å². The van der Waals surface area contributed by atoms with Gasteiger partial charge in [0.25, 0.3) is 5.91 Å². The third-order valence-electron chi connectivity index (χ3n) is 6.21. The number of pyridine rings is 1. The molecule has 166 valence electrons. The summed E-state index contributed by atoms with van der Waals surface area (Å²) in [5.41, 5.74) is 1.67. The summed E-state index contributed by atoms with van der Waals surface area (Å²) in [5.74, 6) is -0.608. The average Bonchev–Trinajstić information content (AvgIpc) is 3.40. The second-order valence-corrected chi connectivity index (χ2v) is 10.7. The van der Waals surface area contributed by atoms with Gasteiger partial charge < -0.3 is 9.64 Å². The Hall–Kier alpha value is -2.48. The van der Waals surface area contributed by atoms with Crippen LogP contribution in [0.4, 0.5) is 0 Å². The lowest BCUT2D eigenvalue weighted by molar-refractivity contribution is -0.154. The fourth-order valence-electron chi connectivity index (χ4n) is 4.65. The van der Waals surface area contributed by atoms with Crippen molar-refractivity contribution in [2.24, 2.45) is 0 Å². The number of fused-ring (bicyclic) bond motifs is 1. The standard InChI is InChI=1S/C23H28N2O5S/c26-22(25(19-6-2-3-7-19)20-13-14-31(28,29)16-20)15-30-23(27)12-11-18-10-9-17-5-1-4-8-21(17)24-18/h1,4-5,8-10,19-20H,2-3,6-7,11-16H2. The van der Waals surface area contributed by atoms with E-state index in [-0.39, 0.29) is 42.5 Å². The van der Waals surface area contributed by atoms with Gasteiger partial charge in [0.15, 0.2) is 16.4 Å². The third-order valence-corrected chi connectivity index (χ3v) is 7.96. The van der Waals surface area contributed by atoms with Crippen LogP contribution in [0.25, 0.3) is 10.9 Å². The van der Waals surface area contributed by atoms with Gasteiger partial charge in [-0.15, -0.1) is 0 Å². The zero-order chi connectivity index (χ0) is 21.8. The molecule has 2 heterocycles. The van der Waals surface area contributed by atoms with Crippen molar-refractivity contribution in [3.05, 3.63) is 42.1 Å². The molecule has 0 N–H and O–H groups in total. The van der Waals surface area contributed by atoms with E-state index < -0.39 is 15.8 Å². The lowest BCUT2D eigenvalue weighted by atomic mass is 10.1. The van der Waals surface area contributed by atoms with E-state index in [1.807, 2.05) is 36.4 Å². The highest BCUT2D eigenvalue weighted by atomic mass is 32.2. The molecule has 0 bridgehead atoms. The van der Waals surface area contributed by atoms with Crippen molar-refractivity contribution >= 4 is 32.6 Å². The first kappa shape index (κ1) is 21.7. The third kappa shape index (κ3) is 5.42. The molecule has 1 atom stereocenters. The molecule has 2 fully saturated rings. The van der Waals surface area contributed by atoms with Gasteiger partial charge in [0, 0.05) is 29.6 Å². The number of aryl methyl sites for hydroxylation is 1. The zero-order valence-electron chi connectivity index (χ0n) is 17.5. The summed E-state index contributed by atoms with van der Waals surface area (Å²) < 4.78 is 29.1. The van der Waals surface area contributed by atoms with E-state index >= 15 is 0 Å². The first-order valence-corrected chi connectivity index (χ1v) is 12.8.